The van der Waals surface area contributed by atoms with Crippen molar-refractivity contribution in [2.24, 2.45) is 0 Å². The van der Waals surface area contributed by atoms with Gasteiger partial charge in [-0.1, -0.05) is 12.1 Å². The van der Waals surface area contributed by atoms with Gasteiger partial charge < -0.3 is 9.40 Å². The quantitative estimate of drug-likeness (QED) is 0.544. The van der Waals surface area contributed by atoms with Crippen molar-refractivity contribution in [2.75, 3.05) is 7.05 Å². The van der Waals surface area contributed by atoms with Crippen molar-refractivity contribution in [1.29, 1.82) is 0 Å². The first-order chi connectivity index (χ1) is 14.2. The number of benzene rings is 1. The molecule has 5 rings (SSSR count). The number of rotatable bonds is 5. The molecule has 29 heavy (non-hydrogen) atoms. The van der Waals surface area contributed by atoms with E-state index in [0.717, 1.165) is 17.7 Å². The summed E-state index contributed by atoms with van der Waals surface area (Å²) in [6.07, 6.45) is 4.82. The molecule has 148 valence electrons. The second kappa shape index (κ2) is 7.53. The van der Waals surface area contributed by atoms with E-state index in [-0.39, 0.29) is 5.56 Å². The number of hydrogen-bond acceptors (Lipinski definition) is 7. The van der Waals surface area contributed by atoms with Gasteiger partial charge in [0.15, 0.2) is 0 Å². The van der Waals surface area contributed by atoms with Gasteiger partial charge in [0.25, 0.3) is 11.4 Å². The van der Waals surface area contributed by atoms with Crippen molar-refractivity contribution in [3.8, 4) is 10.8 Å². The highest BCUT2D eigenvalue weighted by atomic mass is 32.1. The molecule has 1 aliphatic carbocycles. The molecule has 0 aliphatic heterocycles. The fourth-order valence-electron chi connectivity index (χ4n) is 3.77. The van der Waals surface area contributed by atoms with Gasteiger partial charge in [0.2, 0.25) is 5.89 Å². The average Bonchev–Trinajstić information content (AvgIpc) is 3.34. The number of H-pyrrole nitrogens is 1. The Kier molecular flexibility index (Phi) is 4.73. The number of thiophene rings is 1. The minimum atomic E-state index is -0.124. The molecule has 7 nitrogen and oxygen atoms in total. The van der Waals surface area contributed by atoms with E-state index >= 15 is 0 Å². The molecule has 0 fully saturated rings. The van der Waals surface area contributed by atoms with Gasteiger partial charge in [-0.25, -0.2) is 4.98 Å². The zero-order chi connectivity index (χ0) is 19.8. The Bertz CT molecular complexity index is 1200. The van der Waals surface area contributed by atoms with Gasteiger partial charge >= 0.3 is 0 Å². The fourth-order valence-corrected chi connectivity index (χ4v) is 4.94. The monoisotopic (exact) mass is 407 g/mol. The summed E-state index contributed by atoms with van der Waals surface area (Å²) in [7, 11) is 1.93. The Morgan fingerprint density at radius 2 is 2.03 bits per heavy atom. The molecule has 1 aliphatic rings. The van der Waals surface area contributed by atoms with E-state index in [2.05, 4.69) is 26.2 Å². The minimum Gasteiger partial charge on any atom is -0.419 e. The number of para-hydroxylation sites is 1. The van der Waals surface area contributed by atoms with E-state index in [4.69, 9.17) is 4.42 Å². The van der Waals surface area contributed by atoms with Gasteiger partial charge in [-0.3, -0.25) is 9.69 Å². The van der Waals surface area contributed by atoms with Crippen molar-refractivity contribution >= 4 is 22.2 Å². The summed E-state index contributed by atoms with van der Waals surface area (Å²) in [4.78, 5) is 24.1. The lowest BCUT2D eigenvalue weighted by Gasteiger charge is -2.13. The molecule has 0 atom stereocenters. The summed E-state index contributed by atoms with van der Waals surface area (Å²) >= 11 is 1.77. The zero-order valence-electron chi connectivity index (χ0n) is 16.1. The molecule has 0 bridgehead atoms. The van der Waals surface area contributed by atoms with E-state index in [0.29, 0.717) is 41.6 Å². The summed E-state index contributed by atoms with van der Waals surface area (Å²) in [5.74, 6) is 1.75. The molecular weight excluding hydrogens is 386 g/mol. The number of aromatic amines is 1. The summed E-state index contributed by atoms with van der Waals surface area (Å²) in [5.41, 5.74) is 2.00. The number of aromatic nitrogens is 4. The van der Waals surface area contributed by atoms with Gasteiger partial charge in [-0.15, -0.1) is 21.5 Å². The van der Waals surface area contributed by atoms with Gasteiger partial charge in [0.05, 0.1) is 28.9 Å². The van der Waals surface area contributed by atoms with E-state index in [1.807, 2.05) is 30.1 Å². The Morgan fingerprint density at radius 1 is 1.17 bits per heavy atom. The third-order valence-corrected chi connectivity index (χ3v) is 6.39. The lowest BCUT2D eigenvalue weighted by Crippen LogP contribution is -2.22. The average molecular weight is 407 g/mol. The van der Waals surface area contributed by atoms with Crippen LogP contribution >= 0.6 is 11.3 Å². The fraction of sp³-hybridized carbons (Fsp3) is 0.333. The Labute approximate surface area is 171 Å². The van der Waals surface area contributed by atoms with E-state index < -0.39 is 0 Å². The molecule has 0 unspecified atom stereocenters. The predicted octanol–water partition coefficient (Wildman–Crippen LogP) is 3.55. The summed E-state index contributed by atoms with van der Waals surface area (Å²) < 4.78 is 5.90. The number of hydrogen-bond donors (Lipinski definition) is 1. The van der Waals surface area contributed by atoms with Crippen LogP contribution in [0.5, 0.6) is 0 Å². The molecule has 0 saturated carbocycles. The third-order valence-electron chi connectivity index (χ3n) is 5.16. The second-order valence-electron chi connectivity index (χ2n) is 7.47. The Hall–Kier alpha value is -2.84. The number of aryl methyl sites for hydroxylation is 2. The lowest BCUT2D eigenvalue weighted by molar-refractivity contribution is 0.276. The lowest BCUT2D eigenvalue weighted by atomic mass is 9.99. The van der Waals surface area contributed by atoms with Gasteiger partial charge in [0.1, 0.15) is 5.82 Å². The highest BCUT2D eigenvalue weighted by molar-refractivity contribution is 7.15. The maximum Gasteiger partial charge on any atom is 0.258 e. The molecule has 4 aromatic rings. The van der Waals surface area contributed by atoms with Crippen LogP contribution in [0.1, 0.15) is 35.0 Å². The maximum absolute atomic E-state index is 12.2. The molecule has 3 heterocycles. The summed E-state index contributed by atoms with van der Waals surface area (Å²) in [6, 6.07) is 9.53. The molecule has 0 amide bonds. The summed E-state index contributed by atoms with van der Waals surface area (Å²) in [6.45, 7) is 0.958. The van der Waals surface area contributed by atoms with Crippen LogP contribution in [0.25, 0.3) is 21.7 Å². The standard InChI is InChI=1S/C21H21N5O2S/c1-26(11-18-22-15-8-4-3-7-14(15)20(27)23-18)12-19-24-25-21(28-19)17-10-13-6-2-5-9-16(13)29-17/h3-4,7-8,10H,2,5-6,9,11-12H2,1H3,(H,22,23,27). The molecular formula is C21H21N5O2S. The van der Waals surface area contributed by atoms with E-state index in [1.54, 1.807) is 17.4 Å². The first kappa shape index (κ1) is 18.2. The molecule has 0 saturated heterocycles. The molecule has 8 heteroatoms. The zero-order valence-corrected chi connectivity index (χ0v) is 17.0. The van der Waals surface area contributed by atoms with Crippen LogP contribution in [0.4, 0.5) is 0 Å². The molecule has 1 aromatic carbocycles. The van der Waals surface area contributed by atoms with Crippen LogP contribution in [0.15, 0.2) is 39.5 Å². The first-order valence-corrected chi connectivity index (χ1v) is 10.6. The van der Waals surface area contributed by atoms with Crippen LogP contribution in [0.3, 0.4) is 0 Å². The van der Waals surface area contributed by atoms with Crippen molar-refractivity contribution in [1.82, 2.24) is 25.1 Å². The van der Waals surface area contributed by atoms with Crippen LogP contribution < -0.4 is 5.56 Å². The van der Waals surface area contributed by atoms with Gasteiger partial charge in [-0.05, 0) is 56.5 Å². The highest BCUT2D eigenvalue weighted by Gasteiger charge is 2.18. The molecule has 1 N–H and O–H groups in total. The van der Waals surface area contributed by atoms with Crippen LogP contribution in [0.2, 0.25) is 0 Å². The smallest absolute Gasteiger partial charge is 0.258 e. The number of nitrogens with zero attached hydrogens (tertiary/aromatic N) is 4. The van der Waals surface area contributed by atoms with Gasteiger partial charge in [-0.2, -0.15) is 0 Å². The van der Waals surface area contributed by atoms with Crippen LogP contribution in [-0.4, -0.2) is 32.1 Å². The third kappa shape index (κ3) is 3.73. The highest BCUT2D eigenvalue weighted by Crippen LogP contribution is 2.35. The van der Waals surface area contributed by atoms with Crippen molar-refractivity contribution in [3.05, 3.63) is 62.8 Å². The van der Waals surface area contributed by atoms with Crippen molar-refractivity contribution in [3.63, 3.8) is 0 Å². The van der Waals surface area contributed by atoms with Crippen molar-refractivity contribution in [2.45, 2.75) is 38.8 Å². The minimum absolute atomic E-state index is 0.124. The number of fused-ring (bicyclic) bond motifs is 2. The van der Waals surface area contributed by atoms with Crippen LogP contribution in [0, 0.1) is 0 Å². The SMILES string of the molecule is CN(Cc1nc2ccccc2c(=O)[nH]1)Cc1nnc(-c2cc3c(s2)CCCC3)o1. The van der Waals surface area contributed by atoms with Gasteiger partial charge in [0, 0.05) is 4.88 Å². The largest absolute Gasteiger partial charge is 0.419 e. The molecule has 0 radical (unpaired) electrons. The first-order valence-electron chi connectivity index (χ1n) is 9.76. The van der Waals surface area contributed by atoms with E-state index in [1.165, 1.54) is 23.3 Å². The molecule has 3 aromatic heterocycles. The Morgan fingerprint density at radius 3 is 2.93 bits per heavy atom. The molecule has 0 spiro atoms. The predicted molar refractivity (Wildman–Crippen MR) is 112 cm³/mol. The maximum atomic E-state index is 12.2. The number of nitrogens with one attached hydrogen (secondary N) is 1. The van der Waals surface area contributed by atoms with Crippen LogP contribution in [-0.2, 0) is 25.9 Å². The van der Waals surface area contributed by atoms with E-state index in [9.17, 15) is 4.79 Å². The Balaban J connectivity index is 1.30. The topological polar surface area (TPSA) is 87.9 Å². The normalized spacial score (nSPS) is 13.9. The van der Waals surface area contributed by atoms with Crippen molar-refractivity contribution < 1.29 is 4.42 Å². The second-order valence-corrected chi connectivity index (χ2v) is 8.61. The summed E-state index contributed by atoms with van der Waals surface area (Å²) in [5, 5.41) is 9.04.